The number of hydroxylamine groups is 1. The van der Waals surface area contributed by atoms with E-state index in [-0.39, 0.29) is 23.2 Å². The van der Waals surface area contributed by atoms with Crippen molar-refractivity contribution in [3.8, 4) is 17.1 Å². The van der Waals surface area contributed by atoms with Crippen LogP contribution in [0, 0.1) is 0 Å². The van der Waals surface area contributed by atoms with Crippen LogP contribution in [0.3, 0.4) is 0 Å². The lowest BCUT2D eigenvalue weighted by Gasteiger charge is -2.17. The number of halogens is 1. The number of amides is 2. The van der Waals surface area contributed by atoms with Crippen LogP contribution in [0.25, 0.3) is 11.4 Å². The van der Waals surface area contributed by atoms with Crippen LogP contribution in [0.2, 0.25) is 5.02 Å². The summed E-state index contributed by atoms with van der Waals surface area (Å²) in [5.41, 5.74) is 4.21. The molecule has 2 amide bonds. The number of hydrogen-bond acceptors (Lipinski definition) is 8. The number of hydrogen-bond donors (Lipinski definition) is 3. The van der Waals surface area contributed by atoms with Crippen LogP contribution in [0.4, 0.5) is 11.4 Å². The Hall–Kier alpha value is -3.76. The minimum absolute atomic E-state index is 0.169. The van der Waals surface area contributed by atoms with Crippen LogP contribution in [-0.2, 0) is 4.84 Å². The molecule has 10 nitrogen and oxygen atoms in total. The Labute approximate surface area is 201 Å². The molecule has 0 spiro atoms. The van der Waals surface area contributed by atoms with Gasteiger partial charge in [0.25, 0.3) is 11.8 Å². The van der Waals surface area contributed by atoms with Gasteiger partial charge in [-0.2, -0.15) is 0 Å². The van der Waals surface area contributed by atoms with Crippen molar-refractivity contribution in [2.24, 2.45) is 0 Å². The quantitative estimate of drug-likeness (QED) is 0.395. The number of nitrogens with one attached hydrogen (secondary N) is 3. The standard InChI is InChI=1S/C23H23ClN6O4/c1-3-34-30-22(31)16-12-25-19(23(32)28-14-7-8-14)9-18(16)29-17-6-4-5-15(20(17)33-2)21-26-10-13(24)11-27-21/h4-6,9-12,14H,3,7-8H2,1-2H3,(H,25,29)(H,28,32)(H,30,31). The zero-order chi connectivity index (χ0) is 24.1. The maximum atomic E-state index is 12.7. The Kier molecular flexibility index (Phi) is 7.19. The number of ether oxygens (including phenoxy) is 1. The van der Waals surface area contributed by atoms with Crippen LogP contribution in [0.1, 0.15) is 40.6 Å². The number of carbonyl (C=O) groups is 2. The first kappa shape index (κ1) is 23.4. The van der Waals surface area contributed by atoms with Crippen molar-refractivity contribution in [2.75, 3.05) is 19.0 Å². The summed E-state index contributed by atoms with van der Waals surface area (Å²) in [7, 11) is 1.52. The largest absolute Gasteiger partial charge is 0.494 e. The fourth-order valence-corrected chi connectivity index (χ4v) is 3.27. The molecular formula is C23H23ClN6O4. The molecule has 1 aliphatic carbocycles. The molecule has 3 aromatic rings. The molecule has 0 atom stereocenters. The van der Waals surface area contributed by atoms with E-state index in [9.17, 15) is 9.59 Å². The highest BCUT2D eigenvalue weighted by atomic mass is 35.5. The summed E-state index contributed by atoms with van der Waals surface area (Å²) in [4.78, 5) is 43.0. The van der Waals surface area contributed by atoms with Gasteiger partial charge in [0, 0.05) is 24.6 Å². The minimum Gasteiger partial charge on any atom is -0.494 e. The van der Waals surface area contributed by atoms with E-state index in [1.54, 1.807) is 25.1 Å². The molecule has 0 saturated heterocycles. The number of carbonyl (C=O) groups excluding carboxylic acids is 2. The van der Waals surface area contributed by atoms with Gasteiger partial charge < -0.3 is 15.4 Å². The summed E-state index contributed by atoms with van der Waals surface area (Å²) in [5.74, 6) is 0.0416. The average molecular weight is 483 g/mol. The van der Waals surface area contributed by atoms with Crippen LogP contribution < -0.4 is 20.9 Å². The van der Waals surface area contributed by atoms with Crippen molar-refractivity contribution in [3.05, 3.63) is 59.1 Å². The molecule has 0 aliphatic heterocycles. The number of nitrogens with zero attached hydrogens (tertiary/aromatic N) is 3. The van der Waals surface area contributed by atoms with Crippen LogP contribution in [0.15, 0.2) is 42.9 Å². The topological polar surface area (TPSA) is 127 Å². The number of rotatable bonds is 9. The van der Waals surface area contributed by atoms with Gasteiger partial charge in [-0.25, -0.2) is 15.4 Å². The first-order chi connectivity index (χ1) is 16.5. The normalized spacial score (nSPS) is 12.7. The van der Waals surface area contributed by atoms with E-state index in [4.69, 9.17) is 21.2 Å². The Morgan fingerprint density at radius 3 is 2.53 bits per heavy atom. The summed E-state index contributed by atoms with van der Waals surface area (Å²) >= 11 is 5.92. The molecule has 176 valence electrons. The highest BCUT2D eigenvalue weighted by Gasteiger charge is 2.25. The summed E-state index contributed by atoms with van der Waals surface area (Å²) in [6.07, 6.45) is 6.21. The molecule has 0 unspecified atom stereocenters. The van der Waals surface area contributed by atoms with Crippen LogP contribution in [0.5, 0.6) is 5.75 Å². The first-order valence-corrected chi connectivity index (χ1v) is 11.0. The summed E-state index contributed by atoms with van der Waals surface area (Å²) < 4.78 is 5.64. The van der Waals surface area contributed by atoms with Gasteiger partial charge in [-0.15, -0.1) is 0 Å². The maximum Gasteiger partial charge on any atom is 0.278 e. The summed E-state index contributed by atoms with van der Waals surface area (Å²) in [6, 6.07) is 7.05. The SMILES string of the molecule is CCONC(=O)c1cnc(C(=O)NC2CC2)cc1Nc1cccc(-c2ncc(Cl)cn2)c1OC. The predicted octanol–water partition coefficient (Wildman–Crippen LogP) is 3.52. The van der Waals surface area contributed by atoms with E-state index in [0.717, 1.165) is 12.8 Å². The Morgan fingerprint density at radius 2 is 1.85 bits per heavy atom. The molecular weight excluding hydrogens is 460 g/mol. The van der Waals surface area contributed by atoms with Crippen LogP contribution in [-0.4, -0.2) is 46.5 Å². The summed E-state index contributed by atoms with van der Waals surface area (Å²) in [6.45, 7) is 2.04. The van der Waals surface area contributed by atoms with Crippen molar-refractivity contribution < 1.29 is 19.2 Å². The number of benzene rings is 1. The number of anilines is 2. The fraction of sp³-hybridized carbons (Fsp3) is 0.261. The third-order valence-electron chi connectivity index (χ3n) is 4.95. The van der Waals surface area contributed by atoms with Crippen molar-refractivity contribution in [1.82, 2.24) is 25.7 Å². The molecule has 11 heteroatoms. The summed E-state index contributed by atoms with van der Waals surface area (Å²) in [5, 5.41) is 6.50. The third kappa shape index (κ3) is 5.41. The smallest absolute Gasteiger partial charge is 0.278 e. The Bertz CT molecular complexity index is 1200. The van der Waals surface area contributed by atoms with Gasteiger partial charge in [0.15, 0.2) is 11.6 Å². The van der Waals surface area contributed by atoms with E-state index < -0.39 is 5.91 Å². The van der Waals surface area contributed by atoms with Gasteiger partial charge in [0.05, 0.1) is 41.2 Å². The molecule has 3 N–H and O–H groups in total. The Morgan fingerprint density at radius 1 is 1.09 bits per heavy atom. The van der Waals surface area contributed by atoms with Gasteiger partial charge in [-0.05, 0) is 38.0 Å². The molecule has 1 aliphatic rings. The van der Waals surface area contributed by atoms with Crippen molar-refractivity contribution in [2.45, 2.75) is 25.8 Å². The van der Waals surface area contributed by atoms with Gasteiger partial charge >= 0.3 is 0 Å². The minimum atomic E-state index is -0.512. The van der Waals surface area contributed by atoms with E-state index >= 15 is 0 Å². The van der Waals surface area contributed by atoms with Crippen LogP contribution >= 0.6 is 11.6 Å². The zero-order valence-corrected chi connectivity index (χ0v) is 19.3. The van der Waals surface area contributed by atoms with E-state index in [1.807, 2.05) is 0 Å². The predicted molar refractivity (Wildman–Crippen MR) is 126 cm³/mol. The fourth-order valence-electron chi connectivity index (χ4n) is 3.17. The number of methoxy groups -OCH3 is 1. The van der Waals surface area contributed by atoms with Gasteiger partial charge in [0.1, 0.15) is 5.69 Å². The van der Waals surface area contributed by atoms with Gasteiger partial charge in [-0.3, -0.25) is 19.4 Å². The lowest BCUT2D eigenvalue weighted by atomic mass is 10.1. The van der Waals surface area contributed by atoms with E-state index in [1.165, 1.54) is 31.8 Å². The number of para-hydroxylation sites is 1. The average Bonchev–Trinajstić information content (AvgIpc) is 3.67. The zero-order valence-electron chi connectivity index (χ0n) is 18.6. The van der Waals surface area contributed by atoms with Gasteiger partial charge in [-0.1, -0.05) is 17.7 Å². The monoisotopic (exact) mass is 482 g/mol. The van der Waals surface area contributed by atoms with E-state index in [0.29, 0.717) is 40.1 Å². The molecule has 1 saturated carbocycles. The van der Waals surface area contributed by atoms with Gasteiger partial charge in [0.2, 0.25) is 0 Å². The molecule has 1 fully saturated rings. The number of aromatic nitrogens is 3. The molecule has 1 aromatic carbocycles. The highest BCUT2D eigenvalue weighted by Crippen LogP contribution is 2.37. The molecule has 2 heterocycles. The molecule has 0 bridgehead atoms. The lowest BCUT2D eigenvalue weighted by molar-refractivity contribution is 0.0365. The molecule has 4 rings (SSSR count). The van der Waals surface area contributed by atoms with Crippen molar-refractivity contribution in [1.29, 1.82) is 0 Å². The Balaban J connectivity index is 1.72. The number of pyridine rings is 1. The molecule has 34 heavy (non-hydrogen) atoms. The van der Waals surface area contributed by atoms with Crippen molar-refractivity contribution >= 4 is 34.8 Å². The highest BCUT2D eigenvalue weighted by molar-refractivity contribution is 6.30. The third-order valence-corrected chi connectivity index (χ3v) is 5.15. The second-order valence-corrected chi connectivity index (χ2v) is 7.90. The molecule has 0 radical (unpaired) electrons. The maximum absolute atomic E-state index is 12.7. The van der Waals surface area contributed by atoms with E-state index in [2.05, 4.69) is 31.1 Å². The van der Waals surface area contributed by atoms with Crippen molar-refractivity contribution in [3.63, 3.8) is 0 Å². The second-order valence-electron chi connectivity index (χ2n) is 7.46. The second kappa shape index (κ2) is 10.4. The lowest BCUT2D eigenvalue weighted by Crippen LogP contribution is -2.28. The molecule has 2 aromatic heterocycles. The first-order valence-electron chi connectivity index (χ1n) is 10.6.